The molecule has 3 rings (SSSR count). The molecule has 0 aromatic heterocycles. The standard InChI is InChI=1S/C21H30N4O3.C2H6/c1-14-4-2-5-15(12-14)13-23-20(27)18-7-3-6-16-8-9-17(21(28)25(16)18)24-19(26)10-11-22;1-2/h2,4-5,12,16-18H,3,6-11,13,22H2,1H3,(H,23,27)(H,24,26);1-2H3/t16?,17-,18-;/m0./s1. The van der Waals surface area contributed by atoms with Crippen LogP contribution in [0.5, 0.6) is 0 Å². The highest BCUT2D eigenvalue weighted by Gasteiger charge is 2.44. The molecule has 0 spiro atoms. The molecule has 7 nitrogen and oxygen atoms in total. The van der Waals surface area contributed by atoms with Gasteiger partial charge in [0.25, 0.3) is 0 Å². The summed E-state index contributed by atoms with van der Waals surface area (Å²) in [5.74, 6) is -0.470. The van der Waals surface area contributed by atoms with Crippen molar-refractivity contribution < 1.29 is 14.4 Å². The molecule has 2 aliphatic heterocycles. The van der Waals surface area contributed by atoms with Gasteiger partial charge in [-0.2, -0.15) is 0 Å². The SMILES string of the molecule is CC.Cc1cccc(CNC(=O)[C@@H]2CCCC3CC[C@H](NC(=O)CCN)C(=O)N32)c1. The van der Waals surface area contributed by atoms with Gasteiger partial charge >= 0.3 is 0 Å². The zero-order valence-electron chi connectivity index (χ0n) is 18.4. The monoisotopic (exact) mass is 416 g/mol. The number of carbonyl (C=O) groups excluding carboxylic acids is 3. The van der Waals surface area contributed by atoms with E-state index in [0.29, 0.717) is 19.4 Å². The van der Waals surface area contributed by atoms with Gasteiger partial charge in [0.05, 0.1) is 0 Å². The molecule has 0 aliphatic carbocycles. The minimum absolute atomic E-state index is 0.0821. The Labute approximate surface area is 179 Å². The third kappa shape index (κ3) is 6.05. The number of nitrogens with zero attached hydrogens (tertiary/aromatic N) is 1. The number of benzene rings is 1. The van der Waals surface area contributed by atoms with Crippen molar-refractivity contribution in [3.8, 4) is 0 Å². The Morgan fingerprint density at radius 3 is 2.63 bits per heavy atom. The number of hydrogen-bond acceptors (Lipinski definition) is 4. The second-order valence-electron chi connectivity index (χ2n) is 7.79. The van der Waals surface area contributed by atoms with E-state index in [9.17, 15) is 14.4 Å². The third-order valence-electron chi connectivity index (χ3n) is 5.64. The first-order chi connectivity index (χ1) is 14.5. The molecule has 1 unspecified atom stereocenters. The van der Waals surface area contributed by atoms with Crippen LogP contribution in [0.1, 0.15) is 63.5 Å². The molecule has 2 saturated heterocycles. The lowest BCUT2D eigenvalue weighted by Gasteiger charge is -2.46. The van der Waals surface area contributed by atoms with Crippen LogP contribution in [0.25, 0.3) is 0 Å². The number of nitrogens with two attached hydrogens (primary N) is 1. The van der Waals surface area contributed by atoms with Crippen molar-refractivity contribution in [1.82, 2.24) is 15.5 Å². The van der Waals surface area contributed by atoms with Crippen LogP contribution in [0, 0.1) is 6.92 Å². The molecule has 1 aromatic rings. The number of carbonyl (C=O) groups is 3. The normalized spacial score (nSPS) is 23.0. The van der Waals surface area contributed by atoms with Crippen molar-refractivity contribution in [2.24, 2.45) is 5.73 Å². The quantitative estimate of drug-likeness (QED) is 0.660. The number of amides is 3. The maximum absolute atomic E-state index is 13.0. The average molecular weight is 417 g/mol. The summed E-state index contributed by atoms with van der Waals surface area (Å²) in [4.78, 5) is 39.5. The van der Waals surface area contributed by atoms with Gasteiger partial charge in [-0.1, -0.05) is 43.7 Å². The van der Waals surface area contributed by atoms with Gasteiger partial charge in [-0.3, -0.25) is 14.4 Å². The smallest absolute Gasteiger partial charge is 0.246 e. The molecular formula is C23H36N4O3. The summed E-state index contributed by atoms with van der Waals surface area (Å²) >= 11 is 0. The van der Waals surface area contributed by atoms with E-state index in [2.05, 4.69) is 10.6 Å². The van der Waals surface area contributed by atoms with Gasteiger partial charge in [0.2, 0.25) is 17.7 Å². The molecule has 0 radical (unpaired) electrons. The van der Waals surface area contributed by atoms with E-state index in [1.807, 2.05) is 45.0 Å². The van der Waals surface area contributed by atoms with Crippen molar-refractivity contribution in [3.05, 3.63) is 35.4 Å². The number of nitrogens with one attached hydrogen (secondary N) is 2. The Kier molecular flexibility index (Phi) is 9.30. The Hall–Kier alpha value is -2.41. The van der Waals surface area contributed by atoms with E-state index >= 15 is 0 Å². The summed E-state index contributed by atoms with van der Waals surface area (Å²) in [6, 6.07) is 7.06. The number of aryl methyl sites for hydroxylation is 1. The maximum Gasteiger partial charge on any atom is 0.246 e. The van der Waals surface area contributed by atoms with E-state index < -0.39 is 12.1 Å². The maximum atomic E-state index is 13.0. The number of rotatable bonds is 6. The number of hydrogen-bond donors (Lipinski definition) is 3. The van der Waals surface area contributed by atoms with Crippen molar-refractivity contribution >= 4 is 17.7 Å². The minimum atomic E-state index is -0.555. The van der Waals surface area contributed by atoms with Crippen molar-refractivity contribution in [3.63, 3.8) is 0 Å². The van der Waals surface area contributed by atoms with Crippen molar-refractivity contribution in [2.45, 2.75) is 84.0 Å². The largest absolute Gasteiger partial charge is 0.350 e. The molecule has 7 heteroatoms. The first-order valence-corrected chi connectivity index (χ1v) is 11.1. The van der Waals surface area contributed by atoms with Crippen molar-refractivity contribution in [1.29, 1.82) is 0 Å². The zero-order valence-corrected chi connectivity index (χ0v) is 18.4. The molecule has 0 bridgehead atoms. The molecular weight excluding hydrogens is 380 g/mol. The van der Waals surface area contributed by atoms with Crippen LogP contribution in [-0.2, 0) is 20.9 Å². The van der Waals surface area contributed by atoms with Gasteiger partial charge in [0, 0.05) is 25.6 Å². The van der Waals surface area contributed by atoms with E-state index in [-0.39, 0.29) is 36.7 Å². The minimum Gasteiger partial charge on any atom is -0.350 e. The first-order valence-electron chi connectivity index (χ1n) is 11.1. The second kappa shape index (κ2) is 11.7. The molecule has 2 fully saturated rings. The van der Waals surface area contributed by atoms with E-state index in [1.165, 1.54) is 0 Å². The molecule has 0 saturated carbocycles. The predicted molar refractivity (Wildman–Crippen MR) is 117 cm³/mol. The highest BCUT2D eigenvalue weighted by atomic mass is 16.2. The van der Waals surface area contributed by atoms with Gasteiger partial charge in [0.15, 0.2) is 0 Å². The van der Waals surface area contributed by atoms with Crippen molar-refractivity contribution in [2.75, 3.05) is 6.54 Å². The fourth-order valence-corrected chi connectivity index (χ4v) is 4.28. The Morgan fingerprint density at radius 2 is 1.93 bits per heavy atom. The Morgan fingerprint density at radius 1 is 1.17 bits per heavy atom. The van der Waals surface area contributed by atoms with Gasteiger partial charge < -0.3 is 21.3 Å². The summed E-state index contributed by atoms with van der Waals surface area (Å²) in [6.07, 6.45) is 4.13. The van der Waals surface area contributed by atoms with E-state index in [4.69, 9.17) is 5.73 Å². The fourth-order valence-electron chi connectivity index (χ4n) is 4.28. The fraction of sp³-hybridized carbons (Fsp3) is 0.609. The highest BCUT2D eigenvalue weighted by Crippen LogP contribution is 2.31. The van der Waals surface area contributed by atoms with Gasteiger partial charge in [-0.25, -0.2) is 0 Å². The van der Waals surface area contributed by atoms with Crippen LogP contribution in [0.3, 0.4) is 0 Å². The molecule has 1 aromatic carbocycles. The molecule has 3 atom stereocenters. The summed E-state index contributed by atoms with van der Waals surface area (Å²) in [7, 11) is 0. The predicted octanol–water partition coefficient (Wildman–Crippen LogP) is 2.01. The van der Waals surface area contributed by atoms with Crippen LogP contribution in [0.15, 0.2) is 24.3 Å². The Balaban J connectivity index is 0.00000155. The molecule has 30 heavy (non-hydrogen) atoms. The van der Waals surface area contributed by atoms with Crippen LogP contribution >= 0.6 is 0 Å². The van der Waals surface area contributed by atoms with Crippen LogP contribution in [-0.4, -0.2) is 47.3 Å². The third-order valence-corrected chi connectivity index (χ3v) is 5.64. The van der Waals surface area contributed by atoms with Gasteiger partial charge in [-0.15, -0.1) is 0 Å². The van der Waals surface area contributed by atoms with Crippen LogP contribution in [0.2, 0.25) is 0 Å². The second-order valence-corrected chi connectivity index (χ2v) is 7.79. The lowest BCUT2D eigenvalue weighted by atomic mass is 9.86. The van der Waals surface area contributed by atoms with Gasteiger partial charge in [0.1, 0.15) is 12.1 Å². The van der Waals surface area contributed by atoms with E-state index in [1.54, 1.807) is 4.90 Å². The molecule has 4 N–H and O–H groups in total. The zero-order chi connectivity index (χ0) is 22.1. The first kappa shape index (κ1) is 23.9. The summed E-state index contributed by atoms with van der Waals surface area (Å²) in [5.41, 5.74) is 7.60. The molecule has 2 heterocycles. The van der Waals surface area contributed by atoms with E-state index in [0.717, 1.165) is 30.4 Å². The summed E-state index contributed by atoms with van der Waals surface area (Å²) in [5, 5.41) is 5.77. The topological polar surface area (TPSA) is 105 Å². The summed E-state index contributed by atoms with van der Waals surface area (Å²) < 4.78 is 0. The molecule has 3 amide bonds. The van der Waals surface area contributed by atoms with Crippen LogP contribution in [0.4, 0.5) is 0 Å². The Bertz CT molecular complexity index is 737. The molecule has 166 valence electrons. The lowest BCUT2D eigenvalue weighted by molar-refractivity contribution is -0.152. The number of piperidine rings is 2. The lowest BCUT2D eigenvalue weighted by Crippen LogP contribution is -2.63. The molecule has 2 aliphatic rings. The van der Waals surface area contributed by atoms with Crippen LogP contribution < -0.4 is 16.4 Å². The van der Waals surface area contributed by atoms with Gasteiger partial charge in [-0.05, 0) is 44.6 Å². The average Bonchev–Trinajstić information content (AvgIpc) is 2.75. The number of fused-ring (bicyclic) bond motifs is 1. The summed E-state index contributed by atoms with van der Waals surface area (Å²) in [6.45, 7) is 6.71. The highest BCUT2D eigenvalue weighted by molar-refractivity contribution is 5.93.